The monoisotopic (exact) mass is 339 g/mol. The smallest absolute Gasteiger partial charge is 0.401 e. The molecule has 1 fully saturated rings. The quantitative estimate of drug-likeness (QED) is 0.773. The van der Waals surface area contributed by atoms with Crippen LogP contribution in [0.25, 0.3) is 0 Å². The van der Waals surface area contributed by atoms with E-state index < -0.39 is 18.7 Å². The van der Waals surface area contributed by atoms with Gasteiger partial charge in [0.2, 0.25) is 0 Å². The third-order valence-electron chi connectivity index (χ3n) is 3.25. The Hall–Kier alpha value is -1.51. The first-order valence-corrected chi connectivity index (χ1v) is 7.69. The van der Waals surface area contributed by atoms with E-state index in [1.807, 2.05) is 0 Å². The van der Waals surface area contributed by atoms with Crippen molar-refractivity contribution in [1.82, 2.24) is 15.1 Å². The Balaban J connectivity index is 2.30. The van der Waals surface area contributed by atoms with Crippen molar-refractivity contribution < 1.29 is 27.5 Å². The van der Waals surface area contributed by atoms with E-state index in [0.717, 1.165) is 0 Å². The van der Waals surface area contributed by atoms with Crippen LogP contribution in [0.3, 0.4) is 0 Å². The molecule has 0 aromatic rings. The van der Waals surface area contributed by atoms with Gasteiger partial charge in [0, 0.05) is 32.7 Å². The van der Waals surface area contributed by atoms with Gasteiger partial charge in [0.1, 0.15) is 0 Å². The van der Waals surface area contributed by atoms with Crippen LogP contribution >= 0.6 is 0 Å². The number of carbonyl (C=O) groups is 2. The van der Waals surface area contributed by atoms with E-state index in [1.165, 1.54) is 9.80 Å². The zero-order chi connectivity index (χ0) is 17.5. The van der Waals surface area contributed by atoms with Crippen molar-refractivity contribution in [3.8, 4) is 0 Å². The maximum absolute atomic E-state index is 12.4. The minimum atomic E-state index is -4.23. The molecule has 6 nitrogen and oxygen atoms in total. The highest BCUT2D eigenvalue weighted by atomic mass is 19.4. The summed E-state index contributed by atoms with van der Waals surface area (Å²) >= 11 is 0. The Kier molecular flexibility index (Phi) is 7.60. The van der Waals surface area contributed by atoms with E-state index >= 15 is 0 Å². The summed E-state index contributed by atoms with van der Waals surface area (Å²) in [6.45, 7) is 3.79. The number of hydrogen-bond donors (Lipinski definition) is 1. The number of carbonyl (C=O) groups excluding carboxylic acids is 2. The fourth-order valence-electron chi connectivity index (χ4n) is 2.29. The second kappa shape index (κ2) is 8.95. The lowest BCUT2D eigenvalue weighted by atomic mass is 10.4. The average Bonchev–Trinajstić information content (AvgIpc) is 2.61. The topological polar surface area (TPSA) is 61.9 Å². The molecule has 0 atom stereocenters. The highest BCUT2D eigenvalue weighted by molar-refractivity contribution is 5.75. The molecule has 134 valence electrons. The van der Waals surface area contributed by atoms with Gasteiger partial charge in [-0.05, 0) is 20.3 Å². The van der Waals surface area contributed by atoms with Crippen LogP contribution in [0.4, 0.5) is 18.0 Å². The van der Waals surface area contributed by atoms with Crippen molar-refractivity contribution in [2.45, 2.75) is 39.0 Å². The van der Waals surface area contributed by atoms with Gasteiger partial charge in [-0.25, -0.2) is 4.79 Å². The predicted molar refractivity (Wildman–Crippen MR) is 77.9 cm³/mol. The summed E-state index contributed by atoms with van der Waals surface area (Å²) in [6.07, 6.45) is -3.88. The minimum Gasteiger partial charge on any atom is -0.463 e. The van der Waals surface area contributed by atoms with Gasteiger partial charge < -0.3 is 15.0 Å². The summed E-state index contributed by atoms with van der Waals surface area (Å²) < 4.78 is 42.1. The van der Waals surface area contributed by atoms with Crippen LogP contribution in [0.2, 0.25) is 0 Å². The summed E-state index contributed by atoms with van der Waals surface area (Å²) in [4.78, 5) is 26.1. The van der Waals surface area contributed by atoms with E-state index in [0.29, 0.717) is 19.5 Å². The number of esters is 1. The Morgan fingerprint density at radius 2 is 1.87 bits per heavy atom. The zero-order valence-electron chi connectivity index (χ0n) is 13.5. The van der Waals surface area contributed by atoms with E-state index in [9.17, 15) is 22.8 Å². The first-order valence-electron chi connectivity index (χ1n) is 7.69. The lowest BCUT2D eigenvalue weighted by molar-refractivity contribution is -0.147. The van der Waals surface area contributed by atoms with Gasteiger partial charge in [-0.15, -0.1) is 0 Å². The van der Waals surface area contributed by atoms with Gasteiger partial charge in [0.05, 0.1) is 19.1 Å². The third kappa shape index (κ3) is 8.63. The van der Waals surface area contributed by atoms with Crippen molar-refractivity contribution in [2.75, 3.05) is 39.3 Å². The number of hydrogen-bond acceptors (Lipinski definition) is 4. The summed E-state index contributed by atoms with van der Waals surface area (Å²) in [5, 5.41) is 2.59. The summed E-state index contributed by atoms with van der Waals surface area (Å²) in [5.41, 5.74) is 0. The van der Waals surface area contributed by atoms with Gasteiger partial charge in [-0.3, -0.25) is 9.69 Å². The zero-order valence-corrected chi connectivity index (χ0v) is 13.5. The van der Waals surface area contributed by atoms with Gasteiger partial charge in [-0.1, -0.05) is 0 Å². The summed E-state index contributed by atoms with van der Waals surface area (Å²) in [5.74, 6) is -0.396. The normalized spacial score (nSPS) is 17.0. The highest BCUT2D eigenvalue weighted by Crippen LogP contribution is 2.17. The van der Waals surface area contributed by atoms with Crippen LogP contribution in [-0.4, -0.2) is 73.3 Å². The molecular formula is C14H24F3N3O3. The molecule has 0 bridgehead atoms. The van der Waals surface area contributed by atoms with Crippen molar-refractivity contribution in [1.29, 1.82) is 0 Å². The van der Waals surface area contributed by atoms with Gasteiger partial charge in [0.15, 0.2) is 0 Å². The van der Waals surface area contributed by atoms with Crippen molar-refractivity contribution in [2.24, 2.45) is 0 Å². The van der Waals surface area contributed by atoms with Crippen LogP contribution in [0.1, 0.15) is 26.7 Å². The van der Waals surface area contributed by atoms with Crippen LogP contribution in [0, 0.1) is 0 Å². The minimum absolute atomic E-state index is 0.0674. The predicted octanol–water partition coefficient (Wildman–Crippen LogP) is 1.61. The van der Waals surface area contributed by atoms with Crippen LogP contribution < -0.4 is 5.32 Å². The molecule has 0 radical (unpaired) electrons. The molecule has 0 aromatic heterocycles. The first-order chi connectivity index (χ1) is 10.7. The molecule has 0 unspecified atom stereocenters. The number of halogens is 3. The molecule has 2 amide bonds. The Bertz CT molecular complexity index is 402. The van der Waals surface area contributed by atoms with Crippen molar-refractivity contribution >= 4 is 12.0 Å². The van der Waals surface area contributed by atoms with Gasteiger partial charge in [0.25, 0.3) is 0 Å². The maximum Gasteiger partial charge on any atom is 0.401 e. The molecule has 1 N–H and O–H groups in total. The lowest BCUT2D eigenvalue weighted by Crippen LogP contribution is -2.43. The Labute approximate surface area is 133 Å². The third-order valence-corrected chi connectivity index (χ3v) is 3.25. The molecule has 1 aliphatic heterocycles. The number of amides is 2. The summed E-state index contributed by atoms with van der Waals surface area (Å²) in [6, 6.07) is -0.365. The fraction of sp³-hybridized carbons (Fsp3) is 0.857. The number of urea groups is 1. The molecular weight excluding hydrogens is 315 g/mol. The number of alkyl halides is 3. The van der Waals surface area contributed by atoms with Gasteiger partial charge >= 0.3 is 18.2 Å². The Morgan fingerprint density at radius 1 is 1.17 bits per heavy atom. The van der Waals surface area contributed by atoms with Crippen molar-refractivity contribution in [3.63, 3.8) is 0 Å². The second-order valence-electron chi connectivity index (χ2n) is 5.75. The second-order valence-corrected chi connectivity index (χ2v) is 5.75. The molecule has 1 heterocycles. The van der Waals surface area contributed by atoms with Crippen molar-refractivity contribution in [3.05, 3.63) is 0 Å². The van der Waals surface area contributed by atoms with Crippen LogP contribution in [-0.2, 0) is 9.53 Å². The number of nitrogens with one attached hydrogen (secondary N) is 1. The lowest BCUT2D eigenvalue weighted by Gasteiger charge is -2.23. The van der Waals surface area contributed by atoms with Crippen LogP contribution in [0.5, 0.6) is 0 Å². The molecule has 0 spiro atoms. The van der Waals surface area contributed by atoms with Gasteiger partial charge in [-0.2, -0.15) is 13.2 Å². The Morgan fingerprint density at radius 3 is 2.48 bits per heavy atom. The molecule has 1 aliphatic rings. The molecule has 0 saturated carbocycles. The SMILES string of the molecule is CC(C)OC(=O)CCNC(=O)N1CCCN(CC(F)(F)F)CC1. The standard InChI is InChI=1S/C14H24F3N3O3/c1-11(2)23-12(21)4-5-18-13(22)20-7-3-6-19(8-9-20)10-14(15,16)17/h11H,3-10H2,1-2H3,(H,18,22). The number of rotatable bonds is 5. The van der Waals surface area contributed by atoms with E-state index in [2.05, 4.69) is 5.32 Å². The maximum atomic E-state index is 12.4. The molecule has 0 aliphatic carbocycles. The molecule has 0 aromatic carbocycles. The molecule has 1 rings (SSSR count). The molecule has 1 saturated heterocycles. The van der Waals surface area contributed by atoms with E-state index in [1.54, 1.807) is 13.8 Å². The number of ether oxygens (including phenoxy) is 1. The van der Waals surface area contributed by atoms with E-state index in [4.69, 9.17) is 4.74 Å². The largest absolute Gasteiger partial charge is 0.463 e. The van der Waals surface area contributed by atoms with Crippen LogP contribution in [0.15, 0.2) is 0 Å². The van der Waals surface area contributed by atoms with E-state index in [-0.39, 0.29) is 38.2 Å². The number of nitrogens with zero attached hydrogens (tertiary/aromatic N) is 2. The molecule has 23 heavy (non-hydrogen) atoms. The first kappa shape index (κ1) is 19.5. The summed E-state index contributed by atoms with van der Waals surface area (Å²) in [7, 11) is 0. The fourth-order valence-corrected chi connectivity index (χ4v) is 2.29. The molecule has 9 heteroatoms. The average molecular weight is 339 g/mol. The highest BCUT2D eigenvalue weighted by Gasteiger charge is 2.31.